The summed E-state index contributed by atoms with van der Waals surface area (Å²) < 4.78 is 18.4. The summed E-state index contributed by atoms with van der Waals surface area (Å²) in [7, 11) is 1.79. The average molecular weight is 493 g/mol. The summed E-state index contributed by atoms with van der Waals surface area (Å²) in [6.07, 6.45) is 0.972. The average Bonchev–Trinajstić information content (AvgIpc) is 2.67. The van der Waals surface area contributed by atoms with Gasteiger partial charge < -0.3 is 20.3 Å². The van der Waals surface area contributed by atoms with Crippen LogP contribution in [0.5, 0.6) is 0 Å². The summed E-state index contributed by atoms with van der Waals surface area (Å²) in [6, 6.07) is 6.76. The van der Waals surface area contributed by atoms with Gasteiger partial charge in [-0.1, -0.05) is 0 Å². The second-order valence-corrected chi connectivity index (χ2v) is 6.28. The smallest absolute Gasteiger partial charge is 0.191 e. The van der Waals surface area contributed by atoms with Crippen LogP contribution in [0.25, 0.3) is 0 Å². The minimum absolute atomic E-state index is 0. The highest BCUT2D eigenvalue weighted by atomic mass is 127. The van der Waals surface area contributed by atoms with Crippen molar-refractivity contribution in [2.45, 2.75) is 13.3 Å². The van der Waals surface area contributed by atoms with Crippen molar-refractivity contribution in [3.63, 3.8) is 0 Å². The molecule has 1 heterocycles. The molecule has 1 aromatic carbocycles. The van der Waals surface area contributed by atoms with Gasteiger partial charge in [-0.3, -0.25) is 9.89 Å². The number of rotatable bonds is 9. The molecule has 0 atom stereocenters. The van der Waals surface area contributed by atoms with Crippen molar-refractivity contribution in [2.24, 2.45) is 4.99 Å². The van der Waals surface area contributed by atoms with Crippen LogP contribution in [0.2, 0.25) is 0 Å². The number of aliphatic imine (C=N–C) groups is 1. The zero-order valence-electron chi connectivity index (χ0n) is 16.4. The van der Waals surface area contributed by atoms with Crippen LogP contribution in [0.3, 0.4) is 0 Å². The third kappa shape index (κ3) is 9.07. The largest absolute Gasteiger partial charge is 0.382 e. The SMILES string of the molecule is CCOCCCNC(=NC)NCCN1CCN(c2ccc(F)cc2)CC1.I. The Hall–Kier alpha value is -1.13. The first-order valence-electron chi connectivity index (χ1n) is 9.48. The molecule has 2 rings (SSSR count). The predicted molar refractivity (Wildman–Crippen MR) is 121 cm³/mol. The van der Waals surface area contributed by atoms with E-state index in [1.54, 1.807) is 7.05 Å². The van der Waals surface area contributed by atoms with Crippen molar-refractivity contribution in [3.05, 3.63) is 30.1 Å². The van der Waals surface area contributed by atoms with E-state index in [2.05, 4.69) is 25.4 Å². The summed E-state index contributed by atoms with van der Waals surface area (Å²) in [5.41, 5.74) is 1.10. The number of ether oxygens (including phenoxy) is 1. The molecule has 0 spiro atoms. The zero-order valence-corrected chi connectivity index (χ0v) is 18.7. The topological polar surface area (TPSA) is 52.1 Å². The molecule has 1 aromatic rings. The van der Waals surface area contributed by atoms with Gasteiger partial charge in [0.15, 0.2) is 5.96 Å². The van der Waals surface area contributed by atoms with Crippen molar-refractivity contribution < 1.29 is 9.13 Å². The number of halogens is 2. The fourth-order valence-corrected chi connectivity index (χ4v) is 2.96. The maximum Gasteiger partial charge on any atom is 0.191 e. The van der Waals surface area contributed by atoms with Gasteiger partial charge in [0.25, 0.3) is 0 Å². The third-order valence-corrected chi connectivity index (χ3v) is 4.47. The number of guanidine groups is 1. The number of anilines is 1. The van der Waals surface area contributed by atoms with Crippen molar-refractivity contribution >= 4 is 35.6 Å². The number of benzene rings is 1. The molecule has 1 aliphatic heterocycles. The molecule has 0 saturated carbocycles. The quantitative estimate of drug-likeness (QED) is 0.239. The molecule has 0 aliphatic carbocycles. The Morgan fingerprint density at radius 1 is 1.11 bits per heavy atom. The van der Waals surface area contributed by atoms with Gasteiger partial charge in [-0.2, -0.15) is 0 Å². The summed E-state index contributed by atoms with van der Waals surface area (Å²) in [5.74, 6) is 0.657. The van der Waals surface area contributed by atoms with Crippen molar-refractivity contribution in [1.29, 1.82) is 0 Å². The van der Waals surface area contributed by atoms with Crippen LogP contribution in [0.4, 0.5) is 10.1 Å². The Morgan fingerprint density at radius 3 is 2.41 bits per heavy atom. The number of nitrogens with zero attached hydrogens (tertiary/aromatic N) is 3. The van der Waals surface area contributed by atoms with Gasteiger partial charge in [-0.15, -0.1) is 24.0 Å². The number of piperazine rings is 1. The summed E-state index contributed by atoms with van der Waals surface area (Å²) in [4.78, 5) is 8.99. The minimum Gasteiger partial charge on any atom is -0.382 e. The first kappa shape index (κ1) is 23.9. The lowest BCUT2D eigenvalue weighted by Gasteiger charge is -2.36. The van der Waals surface area contributed by atoms with E-state index in [0.717, 1.165) is 77.1 Å². The van der Waals surface area contributed by atoms with Crippen LogP contribution < -0.4 is 15.5 Å². The fourth-order valence-electron chi connectivity index (χ4n) is 2.96. The molecule has 0 aromatic heterocycles. The van der Waals surface area contributed by atoms with Gasteiger partial charge in [0.05, 0.1) is 0 Å². The van der Waals surface area contributed by atoms with Gasteiger partial charge >= 0.3 is 0 Å². The normalized spacial score (nSPS) is 15.4. The summed E-state index contributed by atoms with van der Waals surface area (Å²) in [5, 5.41) is 6.66. The molecule has 0 amide bonds. The highest BCUT2D eigenvalue weighted by Crippen LogP contribution is 2.16. The van der Waals surface area contributed by atoms with Crippen LogP contribution in [0.1, 0.15) is 13.3 Å². The van der Waals surface area contributed by atoms with Crippen LogP contribution in [0, 0.1) is 5.82 Å². The first-order valence-corrected chi connectivity index (χ1v) is 9.48. The van der Waals surface area contributed by atoms with E-state index in [9.17, 15) is 4.39 Å². The Labute approximate surface area is 179 Å². The monoisotopic (exact) mass is 493 g/mol. The summed E-state index contributed by atoms with van der Waals surface area (Å²) >= 11 is 0. The number of hydrogen-bond acceptors (Lipinski definition) is 4. The van der Waals surface area contributed by atoms with Gasteiger partial charge in [0.1, 0.15) is 5.82 Å². The molecule has 2 N–H and O–H groups in total. The van der Waals surface area contributed by atoms with E-state index in [-0.39, 0.29) is 29.8 Å². The lowest BCUT2D eigenvalue weighted by molar-refractivity contribution is 0.145. The van der Waals surface area contributed by atoms with E-state index < -0.39 is 0 Å². The summed E-state index contributed by atoms with van der Waals surface area (Å²) in [6.45, 7) is 10.2. The van der Waals surface area contributed by atoms with Gasteiger partial charge in [-0.05, 0) is 37.6 Å². The zero-order chi connectivity index (χ0) is 18.6. The van der Waals surface area contributed by atoms with Crippen LogP contribution in [-0.2, 0) is 4.74 Å². The van der Waals surface area contributed by atoms with Crippen LogP contribution in [0.15, 0.2) is 29.3 Å². The minimum atomic E-state index is -0.182. The maximum absolute atomic E-state index is 13.0. The van der Waals surface area contributed by atoms with Gasteiger partial charge in [0.2, 0.25) is 0 Å². The van der Waals surface area contributed by atoms with E-state index in [0.29, 0.717) is 0 Å². The Bertz CT molecular complexity index is 535. The molecule has 1 saturated heterocycles. The van der Waals surface area contributed by atoms with Crippen molar-refractivity contribution in [3.8, 4) is 0 Å². The first-order chi connectivity index (χ1) is 12.7. The third-order valence-electron chi connectivity index (χ3n) is 4.47. The highest BCUT2D eigenvalue weighted by molar-refractivity contribution is 14.0. The van der Waals surface area contributed by atoms with Crippen molar-refractivity contribution in [2.75, 3.05) is 71.0 Å². The Morgan fingerprint density at radius 2 is 1.78 bits per heavy atom. The number of hydrogen-bond donors (Lipinski definition) is 2. The molecule has 154 valence electrons. The molecule has 1 aliphatic rings. The molecular weight excluding hydrogens is 460 g/mol. The predicted octanol–water partition coefficient (Wildman–Crippen LogP) is 2.16. The maximum atomic E-state index is 13.0. The molecular formula is C19H33FIN5O. The van der Waals surface area contributed by atoms with E-state index >= 15 is 0 Å². The van der Waals surface area contributed by atoms with Crippen LogP contribution in [-0.4, -0.2) is 76.9 Å². The van der Waals surface area contributed by atoms with Gasteiger partial charge in [0, 0.05) is 71.8 Å². The number of nitrogens with one attached hydrogen (secondary N) is 2. The van der Waals surface area contributed by atoms with E-state index in [1.165, 1.54) is 12.1 Å². The Kier molecular flexibility index (Phi) is 12.4. The van der Waals surface area contributed by atoms with Crippen LogP contribution >= 0.6 is 24.0 Å². The molecule has 6 nitrogen and oxygen atoms in total. The fraction of sp³-hybridized carbons (Fsp3) is 0.632. The molecule has 0 radical (unpaired) electrons. The second-order valence-electron chi connectivity index (χ2n) is 6.28. The molecule has 0 unspecified atom stereocenters. The lowest BCUT2D eigenvalue weighted by atomic mass is 10.2. The second kappa shape index (κ2) is 14.0. The molecule has 27 heavy (non-hydrogen) atoms. The lowest BCUT2D eigenvalue weighted by Crippen LogP contribution is -2.49. The van der Waals surface area contributed by atoms with Crippen molar-refractivity contribution in [1.82, 2.24) is 15.5 Å². The van der Waals surface area contributed by atoms with E-state index in [4.69, 9.17) is 4.74 Å². The Balaban J connectivity index is 0.00000364. The highest BCUT2D eigenvalue weighted by Gasteiger charge is 2.16. The molecule has 8 heteroatoms. The molecule has 1 fully saturated rings. The standard InChI is InChI=1S/C19H32FN5O.HI/c1-3-26-16-4-9-22-19(21-2)23-10-11-24-12-14-25(15-13-24)18-7-5-17(20)6-8-18;/h5-8H,3-4,9-16H2,1-2H3,(H2,21,22,23);1H. The van der Waals surface area contributed by atoms with Gasteiger partial charge in [-0.25, -0.2) is 4.39 Å². The van der Waals surface area contributed by atoms with E-state index in [1.807, 2.05) is 19.1 Å². The molecule has 0 bridgehead atoms.